The molecule has 0 heterocycles. The Balaban J connectivity index is 2.51. The van der Waals surface area contributed by atoms with Gasteiger partial charge < -0.3 is 5.32 Å². The third kappa shape index (κ3) is 3.39. The van der Waals surface area contributed by atoms with E-state index < -0.39 is 0 Å². The Hall–Kier alpha value is -1.64. The van der Waals surface area contributed by atoms with Crippen LogP contribution in [0.4, 0.5) is 10.1 Å². The molecule has 0 saturated heterocycles. The van der Waals surface area contributed by atoms with E-state index in [9.17, 15) is 9.18 Å². The standard InChI is InChI=1S/C11H12FNO/c1-2-3-7-11(14)13-10-6-4-5-9(12)8-10/h2,4-6,8H,1,3,7H2,(H,13,14). The van der Waals surface area contributed by atoms with Crippen molar-refractivity contribution in [2.24, 2.45) is 0 Å². The molecule has 0 spiro atoms. The fourth-order valence-electron chi connectivity index (χ4n) is 1.02. The number of hydrogen-bond donors (Lipinski definition) is 1. The van der Waals surface area contributed by atoms with Crippen LogP contribution in [0, 0.1) is 5.82 Å². The number of anilines is 1. The van der Waals surface area contributed by atoms with Crippen molar-refractivity contribution in [1.82, 2.24) is 0 Å². The lowest BCUT2D eigenvalue weighted by Gasteiger charge is -2.03. The van der Waals surface area contributed by atoms with E-state index in [0.29, 0.717) is 18.5 Å². The predicted octanol–water partition coefficient (Wildman–Crippen LogP) is 2.73. The largest absolute Gasteiger partial charge is 0.326 e. The highest BCUT2D eigenvalue weighted by Gasteiger charge is 2.00. The molecule has 0 saturated carbocycles. The number of rotatable bonds is 4. The zero-order chi connectivity index (χ0) is 10.4. The summed E-state index contributed by atoms with van der Waals surface area (Å²) in [6, 6.07) is 5.82. The van der Waals surface area contributed by atoms with Crippen molar-refractivity contribution in [3.8, 4) is 0 Å². The van der Waals surface area contributed by atoms with Crippen LogP contribution in [0.5, 0.6) is 0 Å². The van der Waals surface area contributed by atoms with Gasteiger partial charge in [0.25, 0.3) is 0 Å². The summed E-state index contributed by atoms with van der Waals surface area (Å²) in [7, 11) is 0. The molecule has 0 aliphatic heterocycles. The van der Waals surface area contributed by atoms with Crippen molar-refractivity contribution in [2.45, 2.75) is 12.8 Å². The van der Waals surface area contributed by atoms with Crippen molar-refractivity contribution < 1.29 is 9.18 Å². The van der Waals surface area contributed by atoms with E-state index in [4.69, 9.17) is 0 Å². The smallest absolute Gasteiger partial charge is 0.224 e. The van der Waals surface area contributed by atoms with Crippen molar-refractivity contribution in [3.05, 3.63) is 42.7 Å². The van der Waals surface area contributed by atoms with Gasteiger partial charge in [-0.25, -0.2) is 4.39 Å². The molecular weight excluding hydrogens is 181 g/mol. The summed E-state index contributed by atoms with van der Waals surface area (Å²) in [6.45, 7) is 3.51. The molecular formula is C11H12FNO. The Morgan fingerprint density at radius 3 is 3.00 bits per heavy atom. The number of halogens is 1. The van der Waals surface area contributed by atoms with Crippen LogP contribution in [0.2, 0.25) is 0 Å². The first-order valence-electron chi connectivity index (χ1n) is 4.38. The summed E-state index contributed by atoms with van der Waals surface area (Å²) in [5, 5.41) is 2.59. The van der Waals surface area contributed by atoms with Gasteiger partial charge in [0.1, 0.15) is 5.82 Å². The Labute approximate surface area is 82.4 Å². The molecule has 1 aromatic carbocycles. The predicted molar refractivity (Wildman–Crippen MR) is 54.5 cm³/mol. The molecule has 0 aliphatic rings. The highest BCUT2D eigenvalue weighted by Crippen LogP contribution is 2.09. The molecule has 0 radical (unpaired) electrons. The van der Waals surface area contributed by atoms with Gasteiger partial charge in [0.2, 0.25) is 5.91 Å². The van der Waals surface area contributed by atoms with E-state index in [-0.39, 0.29) is 11.7 Å². The molecule has 74 valence electrons. The minimum absolute atomic E-state index is 0.129. The minimum atomic E-state index is -0.355. The fourth-order valence-corrected chi connectivity index (χ4v) is 1.02. The summed E-state index contributed by atoms with van der Waals surface area (Å²) in [5.74, 6) is -0.484. The Morgan fingerprint density at radius 1 is 1.57 bits per heavy atom. The van der Waals surface area contributed by atoms with E-state index in [1.54, 1.807) is 18.2 Å². The zero-order valence-corrected chi connectivity index (χ0v) is 7.79. The van der Waals surface area contributed by atoms with Gasteiger partial charge in [-0.2, -0.15) is 0 Å². The van der Waals surface area contributed by atoms with Gasteiger partial charge in [-0.15, -0.1) is 6.58 Å². The summed E-state index contributed by atoms with van der Waals surface area (Å²) < 4.78 is 12.7. The van der Waals surface area contributed by atoms with E-state index in [1.165, 1.54) is 12.1 Å². The van der Waals surface area contributed by atoms with Crippen molar-refractivity contribution in [1.29, 1.82) is 0 Å². The van der Waals surface area contributed by atoms with Crippen LogP contribution in [0.25, 0.3) is 0 Å². The number of carbonyl (C=O) groups is 1. The van der Waals surface area contributed by atoms with Gasteiger partial charge >= 0.3 is 0 Å². The van der Waals surface area contributed by atoms with Gasteiger partial charge in [-0.3, -0.25) is 4.79 Å². The van der Waals surface area contributed by atoms with Crippen LogP contribution in [-0.4, -0.2) is 5.91 Å². The number of carbonyl (C=O) groups excluding carboxylic acids is 1. The van der Waals surface area contributed by atoms with Crippen LogP contribution >= 0.6 is 0 Å². The molecule has 2 nitrogen and oxygen atoms in total. The summed E-state index contributed by atoms with van der Waals surface area (Å²) in [4.78, 5) is 11.2. The molecule has 1 amide bonds. The van der Waals surface area contributed by atoms with Gasteiger partial charge in [-0.05, 0) is 24.6 Å². The van der Waals surface area contributed by atoms with Crippen LogP contribution in [0.15, 0.2) is 36.9 Å². The highest BCUT2D eigenvalue weighted by molar-refractivity contribution is 5.90. The lowest BCUT2D eigenvalue weighted by atomic mass is 10.2. The quantitative estimate of drug-likeness (QED) is 0.732. The Bertz CT molecular complexity index is 336. The molecule has 0 fully saturated rings. The molecule has 14 heavy (non-hydrogen) atoms. The summed E-state index contributed by atoms with van der Waals surface area (Å²) in [6.07, 6.45) is 2.67. The van der Waals surface area contributed by atoms with E-state index in [0.717, 1.165) is 0 Å². The monoisotopic (exact) mass is 193 g/mol. The number of hydrogen-bond acceptors (Lipinski definition) is 1. The molecule has 0 atom stereocenters. The van der Waals surface area contributed by atoms with Gasteiger partial charge in [0.15, 0.2) is 0 Å². The van der Waals surface area contributed by atoms with Gasteiger partial charge in [0.05, 0.1) is 0 Å². The fraction of sp³-hybridized carbons (Fsp3) is 0.182. The first-order chi connectivity index (χ1) is 6.72. The molecule has 0 unspecified atom stereocenters. The average Bonchev–Trinajstić information content (AvgIpc) is 2.15. The maximum absolute atomic E-state index is 12.7. The first-order valence-corrected chi connectivity index (χ1v) is 4.38. The Kier molecular flexibility index (Phi) is 3.85. The SMILES string of the molecule is C=CCCC(=O)Nc1cccc(F)c1. The summed E-state index contributed by atoms with van der Waals surface area (Å²) in [5.41, 5.74) is 0.485. The second-order valence-corrected chi connectivity index (χ2v) is 2.89. The first kappa shape index (κ1) is 10.4. The normalized spacial score (nSPS) is 9.50. The Morgan fingerprint density at radius 2 is 2.36 bits per heavy atom. The van der Waals surface area contributed by atoms with Crippen molar-refractivity contribution >= 4 is 11.6 Å². The third-order valence-corrected chi connectivity index (χ3v) is 1.68. The van der Waals surface area contributed by atoms with E-state index in [2.05, 4.69) is 11.9 Å². The number of nitrogens with one attached hydrogen (secondary N) is 1. The highest BCUT2D eigenvalue weighted by atomic mass is 19.1. The van der Waals surface area contributed by atoms with Gasteiger partial charge in [0, 0.05) is 12.1 Å². The molecule has 0 bridgehead atoms. The average molecular weight is 193 g/mol. The van der Waals surface area contributed by atoms with Crippen molar-refractivity contribution in [3.63, 3.8) is 0 Å². The maximum Gasteiger partial charge on any atom is 0.224 e. The minimum Gasteiger partial charge on any atom is -0.326 e. The van der Waals surface area contributed by atoms with Crippen LogP contribution in [0.1, 0.15) is 12.8 Å². The van der Waals surface area contributed by atoms with Crippen LogP contribution < -0.4 is 5.32 Å². The molecule has 1 aromatic rings. The maximum atomic E-state index is 12.7. The third-order valence-electron chi connectivity index (χ3n) is 1.68. The van der Waals surface area contributed by atoms with E-state index >= 15 is 0 Å². The summed E-state index contributed by atoms with van der Waals surface area (Å²) >= 11 is 0. The van der Waals surface area contributed by atoms with Gasteiger partial charge in [-0.1, -0.05) is 12.1 Å². The number of benzene rings is 1. The van der Waals surface area contributed by atoms with E-state index in [1.807, 2.05) is 0 Å². The molecule has 0 aliphatic carbocycles. The lowest BCUT2D eigenvalue weighted by Crippen LogP contribution is -2.10. The van der Waals surface area contributed by atoms with Crippen LogP contribution in [0.3, 0.4) is 0 Å². The van der Waals surface area contributed by atoms with Crippen molar-refractivity contribution in [2.75, 3.05) is 5.32 Å². The second kappa shape index (κ2) is 5.17. The molecule has 1 rings (SSSR count). The topological polar surface area (TPSA) is 29.1 Å². The number of amides is 1. The molecule has 3 heteroatoms. The van der Waals surface area contributed by atoms with Crippen LogP contribution in [-0.2, 0) is 4.79 Å². The molecule has 1 N–H and O–H groups in total. The molecule has 0 aromatic heterocycles. The second-order valence-electron chi connectivity index (χ2n) is 2.89. The zero-order valence-electron chi connectivity index (χ0n) is 7.79. The number of allylic oxidation sites excluding steroid dienone is 1. The lowest BCUT2D eigenvalue weighted by molar-refractivity contribution is -0.116.